The van der Waals surface area contributed by atoms with Crippen LogP contribution in [-0.2, 0) is 10.0 Å². The zero-order valence-electron chi connectivity index (χ0n) is 12.0. The minimum absolute atomic E-state index is 0.0906. The lowest BCUT2D eigenvalue weighted by Gasteiger charge is -2.11. The number of hydrogen-bond acceptors (Lipinski definition) is 7. The number of sulfonamides is 1. The number of hydrogen-bond donors (Lipinski definition) is 2. The van der Waals surface area contributed by atoms with Gasteiger partial charge in [0.1, 0.15) is 0 Å². The molecule has 3 aromatic rings. The van der Waals surface area contributed by atoms with Crippen LogP contribution in [0.5, 0.6) is 5.88 Å². The fourth-order valence-corrected chi connectivity index (χ4v) is 2.95. The van der Waals surface area contributed by atoms with Crippen molar-refractivity contribution in [3.05, 3.63) is 36.5 Å². The van der Waals surface area contributed by atoms with Crippen LogP contribution in [0.15, 0.2) is 41.4 Å². The van der Waals surface area contributed by atoms with Gasteiger partial charge in [0.25, 0.3) is 0 Å². The second kappa shape index (κ2) is 5.74. The fourth-order valence-electron chi connectivity index (χ4n) is 2.20. The minimum atomic E-state index is -3.97. The van der Waals surface area contributed by atoms with Crippen LogP contribution >= 0.6 is 0 Å². The van der Waals surface area contributed by atoms with Crippen molar-refractivity contribution >= 4 is 10.0 Å². The summed E-state index contributed by atoms with van der Waals surface area (Å²) in [5.74, 6) is 0.517. The van der Waals surface area contributed by atoms with Crippen molar-refractivity contribution in [3.63, 3.8) is 0 Å². The topological polar surface area (TPSA) is 137 Å². The van der Waals surface area contributed by atoms with Crippen molar-refractivity contribution in [3.8, 4) is 28.4 Å². The largest absolute Gasteiger partial charge is 0.481 e. The first kappa shape index (κ1) is 15.1. The molecule has 0 unspecified atom stereocenters. The highest BCUT2D eigenvalue weighted by Gasteiger charge is 2.22. The number of tetrazole rings is 1. The maximum Gasteiger partial charge on any atom is 0.238 e. The van der Waals surface area contributed by atoms with Gasteiger partial charge in [0.2, 0.25) is 21.7 Å². The van der Waals surface area contributed by atoms with Gasteiger partial charge < -0.3 is 4.74 Å². The van der Waals surface area contributed by atoms with Crippen molar-refractivity contribution in [2.24, 2.45) is 5.14 Å². The molecule has 0 radical (unpaired) electrons. The van der Waals surface area contributed by atoms with Crippen molar-refractivity contribution in [2.45, 2.75) is 4.90 Å². The average molecular weight is 332 g/mol. The first-order chi connectivity index (χ1) is 11.0. The Morgan fingerprint density at radius 1 is 1.26 bits per heavy atom. The number of ether oxygens (including phenoxy) is 1. The summed E-state index contributed by atoms with van der Waals surface area (Å²) < 4.78 is 28.9. The summed E-state index contributed by atoms with van der Waals surface area (Å²) in [6.45, 7) is 0. The third-order valence-corrected chi connectivity index (χ3v) is 4.11. The molecule has 0 aliphatic carbocycles. The molecule has 3 rings (SSSR count). The summed E-state index contributed by atoms with van der Waals surface area (Å²) >= 11 is 0. The molecule has 10 heteroatoms. The summed E-state index contributed by atoms with van der Waals surface area (Å²) in [6, 6.07) is 8.10. The van der Waals surface area contributed by atoms with Gasteiger partial charge in [0, 0.05) is 12.3 Å². The van der Waals surface area contributed by atoms with Crippen molar-refractivity contribution < 1.29 is 13.2 Å². The number of nitrogens with one attached hydrogen (secondary N) is 1. The Bertz CT molecular complexity index is 940. The quantitative estimate of drug-likeness (QED) is 0.713. The molecule has 23 heavy (non-hydrogen) atoms. The average Bonchev–Trinajstić information content (AvgIpc) is 3.07. The molecule has 0 fully saturated rings. The third-order valence-electron chi connectivity index (χ3n) is 3.16. The molecule has 0 saturated carbocycles. The van der Waals surface area contributed by atoms with Crippen molar-refractivity contribution in [2.75, 3.05) is 7.11 Å². The predicted molar refractivity (Wildman–Crippen MR) is 80.8 cm³/mol. The third kappa shape index (κ3) is 2.89. The summed E-state index contributed by atoms with van der Waals surface area (Å²) in [5.41, 5.74) is 1.51. The van der Waals surface area contributed by atoms with E-state index in [0.29, 0.717) is 17.0 Å². The summed E-state index contributed by atoms with van der Waals surface area (Å²) in [5, 5.41) is 18.9. The van der Waals surface area contributed by atoms with E-state index >= 15 is 0 Å². The van der Waals surface area contributed by atoms with Crippen molar-refractivity contribution in [1.29, 1.82) is 0 Å². The van der Waals surface area contributed by atoms with Crippen LogP contribution in [0.3, 0.4) is 0 Å². The molecule has 2 heterocycles. The number of nitrogens with zero attached hydrogens (tertiary/aromatic N) is 4. The Hall–Kier alpha value is -2.85. The molecule has 2 aromatic heterocycles. The Morgan fingerprint density at radius 3 is 2.74 bits per heavy atom. The summed E-state index contributed by atoms with van der Waals surface area (Å²) in [7, 11) is -2.48. The maximum atomic E-state index is 11.9. The number of nitrogens with two attached hydrogens (primary N) is 1. The molecule has 0 aliphatic rings. The Kier molecular flexibility index (Phi) is 3.76. The Labute approximate surface area is 131 Å². The van der Waals surface area contributed by atoms with Gasteiger partial charge in [0.05, 0.1) is 17.6 Å². The van der Waals surface area contributed by atoms with Crippen LogP contribution in [0, 0.1) is 0 Å². The highest BCUT2D eigenvalue weighted by molar-refractivity contribution is 7.89. The second-order valence-electron chi connectivity index (χ2n) is 4.55. The zero-order chi connectivity index (χ0) is 16.4. The van der Waals surface area contributed by atoms with E-state index in [1.807, 2.05) is 0 Å². The SMILES string of the molecule is COc1cc(-c2cccc(S(N)(=O)=O)c2-c2nn[nH]n2)ccn1. The number of benzene rings is 1. The van der Waals surface area contributed by atoms with E-state index in [4.69, 9.17) is 9.88 Å². The molecule has 3 N–H and O–H groups in total. The molecule has 0 amide bonds. The standard InChI is InChI=1S/C13H12N6O3S/c1-22-11-7-8(5-6-15-11)9-3-2-4-10(23(14,20)21)12(9)13-16-18-19-17-13/h2-7H,1H3,(H2,14,20,21)(H,16,17,18,19). The summed E-state index contributed by atoms with van der Waals surface area (Å²) in [6.07, 6.45) is 1.55. The van der Waals surface area contributed by atoms with E-state index in [1.54, 1.807) is 30.5 Å². The molecule has 0 spiro atoms. The van der Waals surface area contributed by atoms with Gasteiger partial charge in [-0.15, -0.1) is 10.2 Å². The highest BCUT2D eigenvalue weighted by atomic mass is 32.2. The van der Waals surface area contributed by atoms with E-state index in [1.165, 1.54) is 13.2 Å². The zero-order valence-corrected chi connectivity index (χ0v) is 12.8. The van der Waals surface area contributed by atoms with Gasteiger partial charge in [-0.25, -0.2) is 18.5 Å². The summed E-state index contributed by atoms with van der Waals surface area (Å²) in [4.78, 5) is 3.94. The minimum Gasteiger partial charge on any atom is -0.481 e. The molecule has 0 bridgehead atoms. The molecule has 1 aromatic carbocycles. The number of H-pyrrole nitrogens is 1. The molecule has 9 nitrogen and oxygen atoms in total. The lowest BCUT2D eigenvalue weighted by molar-refractivity contribution is 0.398. The van der Waals surface area contributed by atoms with Gasteiger partial charge in [-0.3, -0.25) is 0 Å². The van der Waals surface area contributed by atoms with Crippen LogP contribution in [0.2, 0.25) is 0 Å². The highest BCUT2D eigenvalue weighted by Crippen LogP contribution is 2.35. The van der Waals surface area contributed by atoms with Crippen LogP contribution in [0.1, 0.15) is 0 Å². The van der Waals surface area contributed by atoms with Crippen LogP contribution in [0.25, 0.3) is 22.5 Å². The van der Waals surface area contributed by atoms with E-state index in [-0.39, 0.29) is 16.3 Å². The molecular formula is C13H12N6O3S. The van der Waals surface area contributed by atoms with Gasteiger partial charge >= 0.3 is 0 Å². The normalized spacial score (nSPS) is 11.4. The number of methoxy groups -OCH3 is 1. The maximum absolute atomic E-state index is 11.9. The lowest BCUT2D eigenvalue weighted by Crippen LogP contribution is -2.14. The first-order valence-electron chi connectivity index (χ1n) is 6.41. The van der Waals surface area contributed by atoms with Gasteiger partial charge in [-0.2, -0.15) is 5.21 Å². The molecule has 0 saturated heterocycles. The van der Waals surface area contributed by atoms with Crippen LogP contribution in [-0.4, -0.2) is 41.1 Å². The van der Waals surface area contributed by atoms with Crippen LogP contribution in [0.4, 0.5) is 0 Å². The first-order valence-corrected chi connectivity index (χ1v) is 7.95. The predicted octanol–water partition coefficient (Wildman–Crippen LogP) is 0.585. The molecular weight excluding hydrogens is 320 g/mol. The number of pyridine rings is 1. The number of primary sulfonamides is 1. The van der Waals surface area contributed by atoms with E-state index < -0.39 is 10.0 Å². The monoisotopic (exact) mass is 332 g/mol. The van der Waals surface area contributed by atoms with Gasteiger partial charge in [-0.05, 0) is 28.5 Å². The van der Waals surface area contributed by atoms with Gasteiger partial charge in [0.15, 0.2) is 0 Å². The molecule has 0 aliphatic heterocycles. The molecule has 118 valence electrons. The lowest BCUT2D eigenvalue weighted by atomic mass is 10.00. The number of rotatable bonds is 4. The van der Waals surface area contributed by atoms with Gasteiger partial charge in [-0.1, -0.05) is 12.1 Å². The molecule has 0 atom stereocenters. The number of aromatic amines is 1. The van der Waals surface area contributed by atoms with E-state index in [2.05, 4.69) is 25.6 Å². The number of aromatic nitrogens is 5. The smallest absolute Gasteiger partial charge is 0.238 e. The fraction of sp³-hybridized carbons (Fsp3) is 0.0769. The Balaban J connectivity index is 2.33. The second-order valence-corrected chi connectivity index (χ2v) is 6.08. The van der Waals surface area contributed by atoms with E-state index in [0.717, 1.165) is 0 Å². The van der Waals surface area contributed by atoms with Crippen LogP contribution < -0.4 is 9.88 Å². The Morgan fingerprint density at radius 2 is 2.09 bits per heavy atom. The van der Waals surface area contributed by atoms with Crippen molar-refractivity contribution in [1.82, 2.24) is 25.6 Å². The van der Waals surface area contributed by atoms with E-state index in [9.17, 15) is 8.42 Å².